The molecule has 20 heavy (non-hydrogen) atoms. The molecular formula is C13H14F3N3S. The Hall–Kier alpha value is -1.42. The molecular weight excluding hydrogens is 287 g/mol. The van der Waals surface area contributed by atoms with Crippen molar-refractivity contribution in [1.29, 1.82) is 5.26 Å². The van der Waals surface area contributed by atoms with Crippen LogP contribution in [0.15, 0.2) is 6.07 Å². The minimum atomic E-state index is -4.22. The van der Waals surface area contributed by atoms with Crippen molar-refractivity contribution in [2.75, 3.05) is 17.6 Å². The van der Waals surface area contributed by atoms with Gasteiger partial charge in [0.05, 0.1) is 5.56 Å². The Balaban J connectivity index is 2.02. The van der Waals surface area contributed by atoms with Crippen LogP contribution in [0.25, 0.3) is 0 Å². The highest BCUT2D eigenvalue weighted by Crippen LogP contribution is 2.30. The molecule has 1 aromatic rings. The normalized spacial score (nSPS) is 14.5. The number of rotatable bonds is 4. The number of halogens is 3. The molecule has 0 unspecified atom stereocenters. The first kappa shape index (κ1) is 15.0. The minimum Gasteiger partial charge on any atom is -0.368 e. The monoisotopic (exact) mass is 301 g/mol. The average molecular weight is 301 g/mol. The van der Waals surface area contributed by atoms with E-state index in [1.807, 2.05) is 6.07 Å². The maximum Gasteiger partial charge on any atom is 0.441 e. The SMILES string of the molecule is N#Cc1cc2c(nc1NCCSC(F)(F)F)CCCC2. The number of anilines is 1. The number of nitrogens with zero attached hydrogens (tertiary/aromatic N) is 2. The van der Waals surface area contributed by atoms with Gasteiger partial charge in [0.2, 0.25) is 0 Å². The molecule has 0 aliphatic heterocycles. The minimum absolute atomic E-state index is 0.0781. The molecule has 3 nitrogen and oxygen atoms in total. The zero-order chi connectivity index (χ0) is 14.6. The van der Waals surface area contributed by atoms with Crippen molar-refractivity contribution >= 4 is 17.6 Å². The van der Waals surface area contributed by atoms with E-state index in [4.69, 9.17) is 5.26 Å². The van der Waals surface area contributed by atoms with Crippen molar-refractivity contribution in [1.82, 2.24) is 4.98 Å². The quantitative estimate of drug-likeness (QED) is 0.865. The Morgan fingerprint density at radius 2 is 2.10 bits per heavy atom. The van der Waals surface area contributed by atoms with Gasteiger partial charge in [0.1, 0.15) is 11.9 Å². The number of fused-ring (bicyclic) bond motifs is 1. The lowest BCUT2D eigenvalue weighted by Gasteiger charge is -2.17. The third-order valence-electron chi connectivity index (χ3n) is 3.08. The van der Waals surface area contributed by atoms with Gasteiger partial charge in [0.25, 0.3) is 0 Å². The highest BCUT2D eigenvalue weighted by atomic mass is 32.2. The first-order chi connectivity index (χ1) is 9.49. The third kappa shape index (κ3) is 4.04. The number of aryl methyl sites for hydroxylation is 2. The van der Waals surface area contributed by atoms with Gasteiger partial charge in [0, 0.05) is 18.0 Å². The molecule has 0 aromatic carbocycles. The molecule has 0 saturated heterocycles. The van der Waals surface area contributed by atoms with Gasteiger partial charge >= 0.3 is 5.51 Å². The number of hydrogen-bond acceptors (Lipinski definition) is 4. The molecule has 0 atom stereocenters. The summed E-state index contributed by atoms with van der Waals surface area (Å²) in [6.45, 7) is 0.130. The van der Waals surface area contributed by atoms with Crippen LogP contribution in [-0.2, 0) is 12.8 Å². The van der Waals surface area contributed by atoms with E-state index in [0.717, 1.165) is 36.9 Å². The summed E-state index contributed by atoms with van der Waals surface area (Å²) in [7, 11) is 0. The molecule has 0 amide bonds. The van der Waals surface area contributed by atoms with Crippen LogP contribution in [-0.4, -0.2) is 22.8 Å². The van der Waals surface area contributed by atoms with E-state index in [-0.39, 0.29) is 24.1 Å². The highest BCUT2D eigenvalue weighted by molar-refractivity contribution is 8.00. The van der Waals surface area contributed by atoms with E-state index in [0.29, 0.717) is 11.4 Å². The van der Waals surface area contributed by atoms with Crippen LogP contribution in [0.4, 0.5) is 19.0 Å². The van der Waals surface area contributed by atoms with Gasteiger partial charge in [-0.15, -0.1) is 0 Å². The molecule has 0 bridgehead atoms. The lowest BCUT2D eigenvalue weighted by atomic mass is 9.95. The van der Waals surface area contributed by atoms with Gasteiger partial charge in [-0.05, 0) is 49.1 Å². The molecule has 0 radical (unpaired) electrons. The number of nitrogens with one attached hydrogen (secondary N) is 1. The first-order valence-corrected chi connectivity index (χ1v) is 7.35. The van der Waals surface area contributed by atoms with Crippen LogP contribution in [0.5, 0.6) is 0 Å². The maximum absolute atomic E-state index is 12.0. The first-order valence-electron chi connectivity index (χ1n) is 6.37. The van der Waals surface area contributed by atoms with E-state index in [2.05, 4.69) is 10.3 Å². The summed E-state index contributed by atoms with van der Waals surface area (Å²) in [5.41, 5.74) is -1.77. The van der Waals surface area contributed by atoms with Crippen molar-refractivity contribution in [3.63, 3.8) is 0 Å². The Bertz CT molecular complexity index is 523. The van der Waals surface area contributed by atoms with Crippen molar-refractivity contribution in [2.45, 2.75) is 31.2 Å². The fourth-order valence-electron chi connectivity index (χ4n) is 2.19. The molecule has 1 heterocycles. The molecule has 0 spiro atoms. The molecule has 1 N–H and O–H groups in total. The van der Waals surface area contributed by atoms with E-state index in [1.54, 1.807) is 6.07 Å². The van der Waals surface area contributed by atoms with Crippen molar-refractivity contribution < 1.29 is 13.2 Å². The highest BCUT2D eigenvalue weighted by Gasteiger charge is 2.27. The van der Waals surface area contributed by atoms with E-state index >= 15 is 0 Å². The molecule has 7 heteroatoms. The van der Waals surface area contributed by atoms with Crippen molar-refractivity contribution in [3.05, 3.63) is 22.9 Å². The smallest absolute Gasteiger partial charge is 0.368 e. The second kappa shape index (κ2) is 6.35. The van der Waals surface area contributed by atoms with Crippen molar-refractivity contribution in [2.24, 2.45) is 0 Å². The molecule has 2 rings (SSSR count). The fraction of sp³-hybridized carbons (Fsp3) is 0.538. The van der Waals surface area contributed by atoms with Gasteiger partial charge in [-0.1, -0.05) is 0 Å². The summed E-state index contributed by atoms with van der Waals surface area (Å²) in [6, 6.07) is 3.86. The van der Waals surface area contributed by atoms with Gasteiger partial charge < -0.3 is 5.32 Å². The topological polar surface area (TPSA) is 48.7 Å². The maximum atomic E-state index is 12.0. The summed E-state index contributed by atoms with van der Waals surface area (Å²) in [6.07, 6.45) is 3.94. The standard InChI is InChI=1S/C13H14F3N3S/c14-13(15,16)20-6-5-18-12-10(8-17)7-9-3-1-2-4-11(9)19-12/h7H,1-6H2,(H,18,19). The Morgan fingerprint density at radius 1 is 1.35 bits per heavy atom. The summed E-state index contributed by atoms with van der Waals surface area (Å²) >= 11 is -0.0781. The second-order valence-corrected chi connectivity index (χ2v) is 5.69. The van der Waals surface area contributed by atoms with Crippen molar-refractivity contribution in [3.8, 4) is 6.07 Å². The van der Waals surface area contributed by atoms with E-state index < -0.39 is 5.51 Å². The summed E-state index contributed by atoms with van der Waals surface area (Å²) in [5.74, 6) is 0.295. The average Bonchev–Trinajstić information content (AvgIpc) is 2.41. The molecule has 108 valence electrons. The Morgan fingerprint density at radius 3 is 2.80 bits per heavy atom. The van der Waals surface area contributed by atoms with Gasteiger partial charge in [-0.25, -0.2) is 4.98 Å². The number of pyridine rings is 1. The molecule has 1 aliphatic rings. The third-order valence-corrected chi connectivity index (χ3v) is 3.82. The summed E-state index contributed by atoms with van der Waals surface area (Å²) in [4.78, 5) is 4.39. The van der Waals surface area contributed by atoms with Gasteiger partial charge in [-0.2, -0.15) is 18.4 Å². The lowest BCUT2D eigenvalue weighted by molar-refractivity contribution is -0.0327. The Labute approximate surface area is 119 Å². The molecule has 0 fully saturated rings. The summed E-state index contributed by atoms with van der Waals surface area (Å²) in [5, 5.41) is 11.9. The number of thioether (sulfide) groups is 1. The van der Waals surface area contributed by atoms with Crippen LogP contribution in [0.3, 0.4) is 0 Å². The van der Waals surface area contributed by atoms with Crippen LogP contribution >= 0.6 is 11.8 Å². The molecule has 0 saturated carbocycles. The lowest BCUT2D eigenvalue weighted by Crippen LogP contribution is -2.14. The molecule has 1 aromatic heterocycles. The summed E-state index contributed by atoms with van der Waals surface area (Å²) < 4.78 is 36.1. The second-order valence-electron chi connectivity index (χ2n) is 4.53. The molecule has 1 aliphatic carbocycles. The predicted octanol–water partition coefficient (Wildman–Crippen LogP) is 3.50. The number of nitriles is 1. The van der Waals surface area contributed by atoms with Gasteiger partial charge in [-0.3, -0.25) is 0 Å². The number of hydrogen-bond donors (Lipinski definition) is 1. The zero-order valence-electron chi connectivity index (χ0n) is 10.8. The fourth-order valence-corrected chi connectivity index (χ4v) is 2.63. The van der Waals surface area contributed by atoms with E-state index in [9.17, 15) is 13.2 Å². The van der Waals surface area contributed by atoms with Crippen LogP contribution in [0.1, 0.15) is 29.7 Å². The number of alkyl halides is 3. The van der Waals surface area contributed by atoms with Crippen LogP contribution < -0.4 is 5.32 Å². The van der Waals surface area contributed by atoms with Gasteiger partial charge in [0.15, 0.2) is 0 Å². The van der Waals surface area contributed by atoms with Crippen LogP contribution in [0.2, 0.25) is 0 Å². The van der Waals surface area contributed by atoms with E-state index in [1.165, 1.54) is 0 Å². The number of aromatic nitrogens is 1. The van der Waals surface area contributed by atoms with Crippen LogP contribution in [0, 0.1) is 11.3 Å². The largest absolute Gasteiger partial charge is 0.441 e. The predicted molar refractivity (Wildman–Crippen MR) is 72.6 cm³/mol. The Kier molecular flexibility index (Phi) is 4.76. The zero-order valence-corrected chi connectivity index (χ0v) is 11.6.